The number of esters is 1. The van der Waals surface area contributed by atoms with Crippen LogP contribution in [0, 0.1) is 0 Å². The average Bonchev–Trinajstić information content (AvgIpc) is 3.26. The van der Waals surface area contributed by atoms with E-state index in [1.807, 2.05) is 0 Å². The van der Waals surface area contributed by atoms with Gasteiger partial charge in [-0.05, 0) is 48.5 Å². The molecule has 1 unspecified atom stereocenters. The zero-order valence-electron chi connectivity index (χ0n) is 21.3. The zero-order chi connectivity index (χ0) is 27.3. The van der Waals surface area contributed by atoms with Crippen molar-refractivity contribution in [2.75, 3.05) is 21.3 Å². The Labute approximate surface area is 222 Å². The van der Waals surface area contributed by atoms with Gasteiger partial charge in [-0.25, -0.2) is 0 Å². The number of hydrogen-bond donors (Lipinski definition) is 1. The standard InChI is InChI=1S/C30H23NO8/c1-35-17-7-9-21-16(11-17)12-20(30(34)31-21)19-14-25(32)38-22-10-8-18-27(33)24(39-29(18)26(19)22)13-15-5-4-6-23(36-2)28(15)37-3/h4-13,19H,14H2,1-3H3,(H,31,34)/b24-13-. The largest absolute Gasteiger partial charge is 0.497 e. The van der Waals surface area contributed by atoms with Crippen molar-refractivity contribution in [3.05, 3.63) is 93.0 Å². The molecule has 0 aliphatic carbocycles. The highest BCUT2D eigenvalue weighted by atomic mass is 16.5. The lowest BCUT2D eigenvalue weighted by atomic mass is 9.85. The number of methoxy groups -OCH3 is 3. The lowest BCUT2D eigenvalue weighted by Gasteiger charge is -2.26. The van der Waals surface area contributed by atoms with Crippen molar-refractivity contribution in [2.24, 2.45) is 0 Å². The van der Waals surface area contributed by atoms with E-state index in [9.17, 15) is 14.4 Å². The van der Waals surface area contributed by atoms with E-state index in [1.165, 1.54) is 14.2 Å². The maximum atomic E-state index is 13.4. The highest BCUT2D eigenvalue weighted by Gasteiger charge is 2.39. The summed E-state index contributed by atoms with van der Waals surface area (Å²) in [6.45, 7) is 0. The summed E-state index contributed by atoms with van der Waals surface area (Å²) in [7, 11) is 4.60. The Hall–Kier alpha value is -5.05. The van der Waals surface area contributed by atoms with Gasteiger partial charge < -0.3 is 28.7 Å². The summed E-state index contributed by atoms with van der Waals surface area (Å²) >= 11 is 0. The summed E-state index contributed by atoms with van der Waals surface area (Å²) in [5.74, 6) is 0.622. The Morgan fingerprint density at radius 1 is 0.923 bits per heavy atom. The van der Waals surface area contributed by atoms with Crippen molar-refractivity contribution in [3.63, 3.8) is 0 Å². The molecule has 3 heterocycles. The van der Waals surface area contributed by atoms with E-state index in [1.54, 1.807) is 67.8 Å². The SMILES string of the molecule is COc1ccc2[nH]c(=O)c(C3CC(=O)Oc4ccc5c(c43)O/C(=C\c3cccc(OC)c3OC)C5=O)cc2c1. The number of fused-ring (bicyclic) bond motifs is 4. The number of H-pyrrole nitrogens is 1. The van der Waals surface area contributed by atoms with Gasteiger partial charge in [0.1, 0.15) is 17.2 Å². The maximum Gasteiger partial charge on any atom is 0.312 e. The molecule has 3 aromatic carbocycles. The van der Waals surface area contributed by atoms with E-state index in [2.05, 4.69) is 4.98 Å². The minimum atomic E-state index is -0.700. The molecular formula is C30H23NO8. The van der Waals surface area contributed by atoms with Crippen molar-refractivity contribution in [1.29, 1.82) is 0 Å². The summed E-state index contributed by atoms with van der Waals surface area (Å²) in [6, 6.07) is 15.5. The number of ketones is 1. The molecule has 2 aliphatic rings. The number of hydrogen-bond acceptors (Lipinski definition) is 8. The summed E-state index contributed by atoms with van der Waals surface area (Å²) in [6.07, 6.45) is 1.48. The first kappa shape index (κ1) is 24.3. The van der Waals surface area contributed by atoms with Gasteiger partial charge in [0.2, 0.25) is 5.78 Å². The molecule has 1 N–H and O–H groups in total. The normalized spacial score (nSPS) is 16.9. The molecule has 0 saturated carbocycles. The van der Waals surface area contributed by atoms with Crippen molar-refractivity contribution < 1.29 is 33.3 Å². The van der Waals surface area contributed by atoms with Gasteiger partial charge in [-0.3, -0.25) is 14.4 Å². The van der Waals surface area contributed by atoms with Gasteiger partial charge in [0.15, 0.2) is 17.3 Å². The predicted molar refractivity (Wildman–Crippen MR) is 142 cm³/mol. The van der Waals surface area contributed by atoms with Gasteiger partial charge in [-0.1, -0.05) is 12.1 Å². The second kappa shape index (κ2) is 9.36. The third-order valence-corrected chi connectivity index (χ3v) is 6.96. The second-order valence-corrected chi connectivity index (χ2v) is 9.11. The van der Waals surface area contributed by atoms with Crippen LogP contribution in [0.2, 0.25) is 0 Å². The van der Waals surface area contributed by atoms with Gasteiger partial charge in [0.05, 0.1) is 33.3 Å². The Balaban J connectivity index is 1.49. The number of aromatic nitrogens is 1. The smallest absolute Gasteiger partial charge is 0.312 e. The number of allylic oxidation sites excluding steroid dienone is 1. The first-order valence-electron chi connectivity index (χ1n) is 12.2. The van der Waals surface area contributed by atoms with Crippen molar-refractivity contribution in [1.82, 2.24) is 4.98 Å². The van der Waals surface area contributed by atoms with Crippen molar-refractivity contribution >= 4 is 28.7 Å². The molecule has 6 rings (SSSR count). The number of carbonyl (C=O) groups is 2. The third kappa shape index (κ3) is 3.99. The minimum Gasteiger partial charge on any atom is -0.497 e. The molecule has 0 radical (unpaired) electrons. The highest BCUT2D eigenvalue weighted by molar-refractivity contribution is 6.15. The van der Waals surface area contributed by atoms with Gasteiger partial charge in [-0.15, -0.1) is 0 Å². The summed E-state index contributed by atoms with van der Waals surface area (Å²) < 4.78 is 27.8. The Morgan fingerprint density at radius 3 is 2.54 bits per heavy atom. The van der Waals surface area contributed by atoms with Crippen molar-refractivity contribution in [3.8, 4) is 28.7 Å². The van der Waals surface area contributed by atoms with Crippen LogP contribution in [0.5, 0.6) is 28.7 Å². The molecule has 9 heteroatoms. The maximum absolute atomic E-state index is 13.4. The van der Waals surface area contributed by atoms with Crippen LogP contribution in [-0.2, 0) is 4.79 Å². The first-order chi connectivity index (χ1) is 18.9. The minimum absolute atomic E-state index is 0.0674. The average molecular weight is 526 g/mol. The lowest BCUT2D eigenvalue weighted by Crippen LogP contribution is -2.26. The fourth-order valence-electron chi connectivity index (χ4n) is 5.13. The van der Waals surface area contributed by atoms with Crippen LogP contribution >= 0.6 is 0 Å². The van der Waals surface area contributed by atoms with Crippen LogP contribution in [0.4, 0.5) is 0 Å². The van der Waals surface area contributed by atoms with Crippen LogP contribution in [0.15, 0.2) is 65.2 Å². The van der Waals surface area contributed by atoms with Gasteiger partial charge in [0, 0.05) is 33.5 Å². The number of Topliss-reactive ketones (excluding diaryl/α,β-unsaturated/α-hetero) is 1. The Morgan fingerprint density at radius 2 is 1.77 bits per heavy atom. The number of ether oxygens (including phenoxy) is 5. The third-order valence-electron chi connectivity index (χ3n) is 6.96. The van der Waals surface area contributed by atoms with Crippen LogP contribution in [-0.4, -0.2) is 38.1 Å². The molecule has 0 saturated heterocycles. The number of para-hydroxylation sites is 1. The van der Waals surface area contributed by atoms with E-state index < -0.39 is 11.9 Å². The van der Waals surface area contributed by atoms with Crippen LogP contribution < -0.4 is 29.2 Å². The topological polar surface area (TPSA) is 113 Å². The van der Waals surface area contributed by atoms with Crippen LogP contribution in [0.25, 0.3) is 17.0 Å². The number of nitrogens with one attached hydrogen (secondary N) is 1. The fraction of sp³-hybridized carbons (Fsp3) is 0.167. The zero-order valence-corrected chi connectivity index (χ0v) is 21.3. The fourth-order valence-corrected chi connectivity index (χ4v) is 5.13. The number of rotatable bonds is 5. The monoisotopic (exact) mass is 525 g/mol. The van der Waals surface area contributed by atoms with E-state index in [0.717, 1.165) is 5.39 Å². The summed E-state index contributed by atoms with van der Waals surface area (Å²) in [5.41, 5.74) is 2.00. The van der Waals surface area contributed by atoms with E-state index in [-0.39, 0.29) is 35.0 Å². The number of carbonyl (C=O) groups excluding carboxylic acids is 2. The quantitative estimate of drug-likeness (QED) is 0.228. The molecule has 196 valence electrons. The van der Waals surface area contributed by atoms with Gasteiger partial charge in [-0.2, -0.15) is 0 Å². The summed E-state index contributed by atoms with van der Waals surface area (Å²) in [5, 5.41) is 0.736. The summed E-state index contributed by atoms with van der Waals surface area (Å²) in [4.78, 5) is 42.1. The molecule has 0 amide bonds. The van der Waals surface area contributed by atoms with Gasteiger partial charge >= 0.3 is 5.97 Å². The molecule has 4 aromatic rings. The molecule has 1 aromatic heterocycles. The van der Waals surface area contributed by atoms with E-state index in [4.69, 9.17) is 23.7 Å². The second-order valence-electron chi connectivity index (χ2n) is 9.11. The molecule has 0 spiro atoms. The molecular weight excluding hydrogens is 502 g/mol. The Bertz CT molecular complexity index is 1770. The number of pyridine rings is 1. The lowest BCUT2D eigenvalue weighted by molar-refractivity contribution is -0.135. The van der Waals surface area contributed by atoms with Gasteiger partial charge in [0.25, 0.3) is 5.56 Å². The molecule has 2 aliphatic heterocycles. The molecule has 39 heavy (non-hydrogen) atoms. The number of benzene rings is 3. The first-order valence-corrected chi connectivity index (χ1v) is 12.2. The molecule has 0 bridgehead atoms. The predicted octanol–water partition coefficient (Wildman–Crippen LogP) is 4.61. The molecule has 0 fully saturated rings. The van der Waals surface area contributed by atoms with E-state index >= 15 is 0 Å². The number of aromatic amines is 1. The molecule has 9 nitrogen and oxygen atoms in total. The Kier molecular flexibility index (Phi) is 5.83. The van der Waals surface area contributed by atoms with Crippen molar-refractivity contribution in [2.45, 2.75) is 12.3 Å². The highest BCUT2D eigenvalue weighted by Crippen LogP contribution is 2.49. The van der Waals surface area contributed by atoms with Crippen LogP contribution in [0.1, 0.15) is 39.4 Å². The van der Waals surface area contributed by atoms with E-state index in [0.29, 0.717) is 45.0 Å². The van der Waals surface area contributed by atoms with Crippen LogP contribution in [0.3, 0.4) is 0 Å². The molecule has 1 atom stereocenters.